The molecule has 0 aliphatic carbocycles. The summed E-state index contributed by atoms with van der Waals surface area (Å²) in [5.74, 6) is 2.22. The Morgan fingerprint density at radius 3 is 2.41 bits per heavy atom. The number of hydrogen-bond acceptors (Lipinski definition) is 5. The molecule has 1 aromatic heterocycles. The molecule has 0 bridgehead atoms. The molecule has 0 amide bonds. The lowest BCUT2D eigenvalue weighted by Gasteiger charge is -2.38. The normalized spacial score (nSPS) is 18.9. The van der Waals surface area contributed by atoms with Gasteiger partial charge in [-0.25, -0.2) is 0 Å². The highest BCUT2D eigenvalue weighted by molar-refractivity contribution is 5.29. The van der Waals surface area contributed by atoms with Gasteiger partial charge in [0.05, 0.1) is 26.9 Å². The van der Waals surface area contributed by atoms with Gasteiger partial charge >= 0.3 is 0 Å². The molecule has 0 saturated carbocycles. The number of rotatable bonds is 9. The second-order valence-electron chi connectivity index (χ2n) is 8.39. The van der Waals surface area contributed by atoms with Gasteiger partial charge in [-0.1, -0.05) is 24.3 Å². The lowest BCUT2D eigenvalue weighted by Crippen LogP contribution is -2.44. The van der Waals surface area contributed by atoms with E-state index < -0.39 is 0 Å². The van der Waals surface area contributed by atoms with Gasteiger partial charge in [0.1, 0.15) is 11.5 Å². The smallest absolute Gasteiger partial charge is 0.119 e. The van der Waals surface area contributed by atoms with Crippen LogP contribution in [0.5, 0.6) is 11.5 Å². The molecule has 5 nitrogen and oxygen atoms in total. The van der Waals surface area contributed by atoms with E-state index >= 15 is 0 Å². The van der Waals surface area contributed by atoms with Gasteiger partial charge in [-0.2, -0.15) is 0 Å². The predicted octanol–water partition coefficient (Wildman–Crippen LogP) is 4.75. The van der Waals surface area contributed by atoms with Gasteiger partial charge in [0.2, 0.25) is 0 Å². The Morgan fingerprint density at radius 1 is 0.875 bits per heavy atom. The van der Waals surface area contributed by atoms with Crippen molar-refractivity contribution in [3.63, 3.8) is 0 Å². The number of methoxy groups -OCH3 is 2. The largest absolute Gasteiger partial charge is 0.497 e. The third kappa shape index (κ3) is 6.09. The summed E-state index contributed by atoms with van der Waals surface area (Å²) in [6.07, 6.45) is 5.89. The Bertz CT molecular complexity index is 962. The van der Waals surface area contributed by atoms with E-state index in [9.17, 15) is 0 Å². The fourth-order valence-electron chi connectivity index (χ4n) is 4.42. The van der Waals surface area contributed by atoms with Crippen LogP contribution < -0.4 is 9.47 Å². The van der Waals surface area contributed by atoms with E-state index in [-0.39, 0.29) is 6.10 Å². The average Bonchev–Trinajstić information content (AvgIpc) is 2.85. The van der Waals surface area contributed by atoms with Crippen LogP contribution >= 0.6 is 0 Å². The van der Waals surface area contributed by atoms with Crippen molar-refractivity contribution in [2.45, 2.75) is 32.1 Å². The van der Waals surface area contributed by atoms with Gasteiger partial charge in [0, 0.05) is 37.9 Å². The fraction of sp³-hybridized carbons (Fsp3) is 0.370. The Balaban J connectivity index is 1.44. The molecule has 1 aliphatic heterocycles. The topological polar surface area (TPSA) is 43.8 Å². The molecule has 0 spiro atoms. The van der Waals surface area contributed by atoms with Crippen LogP contribution in [0.15, 0.2) is 73.1 Å². The molecular weight excluding hydrogens is 400 g/mol. The Morgan fingerprint density at radius 2 is 1.66 bits per heavy atom. The molecule has 2 atom stereocenters. The summed E-state index contributed by atoms with van der Waals surface area (Å²) >= 11 is 0. The van der Waals surface area contributed by atoms with Crippen molar-refractivity contribution in [3.05, 3.63) is 89.7 Å². The van der Waals surface area contributed by atoms with Gasteiger partial charge in [0.15, 0.2) is 0 Å². The first kappa shape index (κ1) is 22.3. The number of nitrogens with zero attached hydrogens (tertiary/aromatic N) is 2. The summed E-state index contributed by atoms with van der Waals surface area (Å²) in [5, 5.41) is 0. The maximum atomic E-state index is 6.43. The minimum atomic E-state index is 0.229. The highest BCUT2D eigenvalue weighted by Crippen LogP contribution is 2.27. The molecule has 2 aromatic carbocycles. The molecule has 0 N–H and O–H groups in total. The van der Waals surface area contributed by atoms with Gasteiger partial charge < -0.3 is 14.2 Å². The van der Waals surface area contributed by atoms with Crippen LogP contribution in [0.3, 0.4) is 0 Å². The maximum Gasteiger partial charge on any atom is 0.119 e. The van der Waals surface area contributed by atoms with Crippen LogP contribution in [0.4, 0.5) is 0 Å². The van der Waals surface area contributed by atoms with E-state index in [0.717, 1.165) is 44.0 Å². The predicted molar refractivity (Wildman–Crippen MR) is 126 cm³/mol. The number of aromatic nitrogens is 1. The van der Waals surface area contributed by atoms with E-state index in [2.05, 4.69) is 40.2 Å². The zero-order valence-corrected chi connectivity index (χ0v) is 18.9. The highest BCUT2D eigenvalue weighted by atomic mass is 16.5. The summed E-state index contributed by atoms with van der Waals surface area (Å²) in [6.45, 7) is 3.58. The van der Waals surface area contributed by atoms with Crippen molar-refractivity contribution in [2.24, 2.45) is 5.92 Å². The molecule has 168 valence electrons. The molecule has 1 fully saturated rings. The van der Waals surface area contributed by atoms with Gasteiger partial charge in [-0.3, -0.25) is 9.88 Å². The second kappa shape index (κ2) is 11.1. The van der Waals surface area contributed by atoms with Gasteiger partial charge in [-0.15, -0.1) is 0 Å². The van der Waals surface area contributed by atoms with E-state index in [4.69, 9.17) is 14.2 Å². The molecule has 3 aromatic rings. The molecule has 5 heteroatoms. The van der Waals surface area contributed by atoms with Crippen molar-refractivity contribution in [1.29, 1.82) is 0 Å². The van der Waals surface area contributed by atoms with Crippen LogP contribution in [0.25, 0.3) is 0 Å². The lowest BCUT2D eigenvalue weighted by atomic mass is 9.88. The molecule has 0 unspecified atom stereocenters. The summed E-state index contributed by atoms with van der Waals surface area (Å²) < 4.78 is 17.2. The highest BCUT2D eigenvalue weighted by Gasteiger charge is 2.30. The van der Waals surface area contributed by atoms with E-state index in [1.54, 1.807) is 14.2 Å². The average molecular weight is 433 g/mol. The zero-order chi connectivity index (χ0) is 22.2. The minimum Gasteiger partial charge on any atom is -0.497 e. The molecule has 32 heavy (non-hydrogen) atoms. The quantitative estimate of drug-likeness (QED) is 0.488. The SMILES string of the molecule is COc1ccc(C[C@@H]2CN(Cc3cccc(OC)c3)CC[C@H]2OCc2ccncc2)cc1. The molecule has 4 rings (SSSR count). The number of piperidine rings is 1. The van der Waals surface area contributed by atoms with Crippen LogP contribution in [-0.4, -0.2) is 43.3 Å². The lowest BCUT2D eigenvalue weighted by molar-refractivity contribution is -0.0437. The summed E-state index contributed by atoms with van der Waals surface area (Å²) in [5.41, 5.74) is 3.77. The molecular formula is C27H32N2O3. The Kier molecular flexibility index (Phi) is 7.75. The number of likely N-dealkylation sites (tertiary alicyclic amines) is 1. The first-order valence-corrected chi connectivity index (χ1v) is 11.2. The van der Waals surface area contributed by atoms with Crippen LogP contribution in [0, 0.1) is 5.92 Å². The molecule has 2 heterocycles. The maximum absolute atomic E-state index is 6.43. The zero-order valence-electron chi connectivity index (χ0n) is 18.9. The number of benzene rings is 2. The van der Waals surface area contributed by atoms with Crippen molar-refractivity contribution in [3.8, 4) is 11.5 Å². The number of hydrogen-bond donors (Lipinski definition) is 0. The minimum absolute atomic E-state index is 0.229. The van der Waals surface area contributed by atoms with Gasteiger partial charge in [-0.05, 0) is 65.9 Å². The van der Waals surface area contributed by atoms with Crippen LogP contribution in [0.2, 0.25) is 0 Å². The van der Waals surface area contributed by atoms with Crippen molar-refractivity contribution < 1.29 is 14.2 Å². The van der Waals surface area contributed by atoms with E-state index in [1.165, 1.54) is 16.7 Å². The molecule has 0 radical (unpaired) electrons. The molecule has 1 aliphatic rings. The third-order valence-corrected chi connectivity index (χ3v) is 6.16. The third-order valence-electron chi connectivity index (χ3n) is 6.16. The van der Waals surface area contributed by atoms with E-state index in [0.29, 0.717) is 12.5 Å². The Hall–Kier alpha value is -2.89. The van der Waals surface area contributed by atoms with Crippen LogP contribution in [0.1, 0.15) is 23.1 Å². The van der Waals surface area contributed by atoms with Crippen molar-refractivity contribution >= 4 is 0 Å². The van der Waals surface area contributed by atoms with Crippen molar-refractivity contribution in [2.75, 3.05) is 27.3 Å². The van der Waals surface area contributed by atoms with Gasteiger partial charge in [0.25, 0.3) is 0 Å². The first-order valence-electron chi connectivity index (χ1n) is 11.2. The molecule has 1 saturated heterocycles. The Labute approximate surface area is 191 Å². The summed E-state index contributed by atoms with van der Waals surface area (Å²) in [7, 11) is 3.42. The van der Waals surface area contributed by atoms with Crippen LogP contribution in [-0.2, 0) is 24.3 Å². The first-order chi connectivity index (χ1) is 15.7. The standard InChI is InChI=1S/C27H32N2O3/c1-30-25-8-6-21(7-9-25)16-24-19-29(18-23-4-3-5-26(17-23)31-2)15-12-27(24)32-20-22-10-13-28-14-11-22/h3-11,13-14,17,24,27H,12,15-16,18-20H2,1-2H3/t24-,27-/m1/s1. The van der Waals surface area contributed by atoms with E-state index in [1.807, 2.05) is 42.7 Å². The van der Waals surface area contributed by atoms with Crippen molar-refractivity contribution in [1.82, 2.24) is 9.88 Å². The second-order valence-corrected chi connectivity index (χ2v) is 8.39. The summed E-state index contributed by atoms with van der Waals surface area (Å²) in [4.78, 5) is 6.64. The monoisotopic (exact) mass is 432 g/mol. The fourth-order valence-corrected chi connectivity index (χ4v) is 4.42. The number of pyridine rings is 1. The summed E-state index contributed by atoms with van der Waals surface area (Å²) in [6, 6.07) is 20.8. The number of ether oxygens (including phenoxy) is 3.